The summed E-state index contributed by atoms with van der Waals surface area (Å²) in [7, 11) is 2.14. The molecule has 1 aromatic heterocycles. The number of hydrogen-bond donors (Lipinski definition) is 0. The van der Waals surface area contributed by atoms with E-state index in [0.29, 0.717) is 6.42 Å². The molecule has 5 heteroatoms. The molecule has 1 spiro atoms. The lowest BCUT2D eigenvalue weighted by molar-refractivity contribution is -0.143. The van der Waals surface area contributed by atoms with Gasteiger partial charge in [-0.05, 0) is 32.4 Å². The van der Waals surface area contributed by atoms with Crippen LogP contribution in [0.5, 0.6) is 0 Å². The Hall–Kier alpha value is -2.14. The second kappa shape index (κ2) is 6.88. The van der Waals surface area contributed by atoms with Crippen LogP contribution in [0.3, 0.4) is 0 Å². The predicted octanol–water partition coefficient (Wildman–Crippen LogP) is 2.86. The zero-order valence-electron chi connectivity index (χ0n) is 15.6. The van der Waals surface area contributed by atoms with Crippen LogP contribution in [-0.2, 0) is 11.2 Å². The van der Waals surface area contributed by atoms with Gasteiger partial charge in [0.1, 0.15) is 5.76 Å². The molecule has 3 heterocycles. The molecule has 1 unspecified atom stereocenters. The summed E-state index contributed by atoms with van der Waals surface area (Å²) in [6, 6.07) is 10.4. The van der Waals surface area contributed by atoms with Crippen molar-refractivity contribution < 1.29 is 9.21 Å². The third-order valence-electron chi connectivity index (χ3n) is 5.82. The zero-order valence-corrected chi connectivity index (χ0v) is 15.6. The fourth-order valence-corrected chi connectivity index (χ4v) is 4.55. The van der Waals surface area contributed by atoms with E-state index in [0.717, 1.165) is 50.7 Å². The third-order valence-corrected chi connectivity index (χ3v) is 5.82. The van der Waals surface area contributed by atoms with Gasteiger partial charge in [0, 0.05) is 38.0 Å². The molecule has 2 aromatic rings. The highest BCUT2D eigenvalue weighted by atomic mass is 16.4. The van der Waals surface area contributed by atoms with Crippen LogP contribution in [0.4, 0.5) is 0 Å². The van der Waals surface area contributed by atoms with Crippen molar-refractivity contribution in [3.8, 4) is 0 Å². The monoisotopic (exact) mass is 353 g/mol. The number of benzene rings is 1. The molecule has 138 valence electrons. The van der Waals surface area contributed by atoms with Gasteiger partial charge in [-0.2, -0.15) is 0 Å². The normalized spacial score (nSPS) is 21.9. The summed E-state index contributed by atoms with van der Waals surface area (Å²) >= 11 is 0. The molecule has 1 aromatic carbocycles. The quantitative estimate of drug-likeness (QED) is 0.829. The van der Waals surface area contributed by atoms with Gasteiger partial charge in [0.15, 0.2) is 5.89 Å². The number of aryl methyl sites for hydroxylation is 2. The minimum atomic E-state index is 0.112. The van der Waals surface area contributed by atoms with Gasteiger partial charge in [-0.15, -0.1) is 0 Å². The first-order chi connectivity index (χ1) is 12.6. The van der Waals surface area contributed by atoms with E-state index >= 15 is 0 Å². The summed E-state index contributed by atoms with van der Waals surface area (Å²) in [5.74, 6) is 2.26. The first kappa shape index (κ1) is 17.3. The first-order valence-electron chi connectivity index (χ1n) is 9.48. The summed E-state index contributed by atoms with van der Waals surface area (Å²) in [6.45, 7) is 5.55. The Morgan fingerprint density at radius 2 is 2.04 bits per heavy atom. The Morgan fingerprint density at radius 1 is 1.27 bits per heavy atom. The van der Waals surface area contributed by atoms with Crippen LogP contribution in [-0.4, -0.2) is 53.9 Å². The number of hydrogen-bond acceptors (Lipinski definition) is 4. The van der Waals surface area contributed by atoms with Crippen LogP contribution in [0.2, 0.25) is 0 Å². The number of carbonyl (C=O) groups is 1. The van der Waals surface area contributed by atoms with Crippen molar-refractivity contribution in [1.82, 2.24) is 14.8 Å². The molecule has 4 rings (SSSR count). The highest BCUT2D eigenvalue weighted by Crippen LogP contribution is 2.48. The van der Waals surface area contributed by atoms with E-state index in [-0.39, 0.29) is 17.2 Å². The lowest BCUT2D eigenvalue weighted by Crippen LogP contribution is -2.61. The molecule has 0 radical (unpaired) electrons. The summed E-state index contributed by atoms with van der Waals surface area (Å²) in [5.41, 5.74) is 1.42. The van der Waals surface area contributed by atoms with Gasteiger partial charge in [-0.25, -0.2) is 4.98 Å². The second-order valence-corrected chi connectivity index (χ2v) is 8.01. The Morgan fingerprint density at radius 3 is 2.73 bits per heavy atom. The lowest BCUT2D eigenvalue weighted by Gasteiger charge is -2.50. The molecule has 5 nitrogen and oxygen atoms in total. The van der Waals surface area contributed by atoms with Gasteiger partial charge in [0.25, 0.3) is 0 Å². The molecule has 0 N–H and O–H groups in total. The molecule has 0 aliphatic carbocycles. The van der Waals surface area contributed by atoms with Crippen molar-refractivity contribution in [3.05, 3.63) is 53.7 Å². The number of rotatable bonds is 5. The number of likely N-dealkylation sites (tertiary alicyclic amines) is 2. The van der Waals surface area contributed by atoms with Crippen LogP contribution in [0.15, 0.2) is 40.9 Å². The van der Waals surface area contributed by atoms with Gasteiger partial charge in [-0.3, -0.25) is 4.79 Å². The Balaban J connectivity index is 1.32. The maximum Gasteiger partial charge on any atom is 0.222 e. The van der Waals surface area contributed by atoms with E-state index in [1.807, 2.05) is 17.9 Å². The third kappa shape index (κ3) is 3.28. The summed E-state index contributed by atoms with van der Waals surface area (Å²) in [4.78, 5) is 21.4. The average molecular weight is 353 g/mol. The van der Waals surface area contributed by atoms with Crippen molar-refractivity contribution in [2.24, 2.45) is 5.41 Å². The van der Waals surface area contributed by atoms with Gasteiger partial charge < -0.3 is 14.2 Å². The van der Waals surface area contributed by atoms with E-state index in [9.17, 15) is 4.79 Å². The molecule has 1 amide bonds. The summed E-state index contributed by atoms with van der Waals surface area (Å²) in [5, 5.41) is 0. The minimum absolute atomic E-state index is 0.112. The van der Waals surface area contributed by atoms with E-state index in [1.54, 1.807) is 6.20 Å². The number of aromatic nitrogens is 1. The van der Waals surface area contributed by atoms with Crippen LogP contribution in [0, 0.1) is 12.3 Å². The second-order valence-electron chi connectivity index (χ2n) is 8.01. The SMILES string of the molecule is Cc1cnc(C2CN(C)CC23CN(C(=O)CCCc2ccccc2)C3)o1. The number of carbonyl (C=O) groups excluding carboxylic acids is 1. The number of amides is 1. The largest absolute Gasteiger partial charge is 0.446 e. The Kier molecular flexibility index (Phi) is 4.57. The minimum Gasteiger partial charge on any atom is -0.446 e. The van der Waals surface area contributed by atoms with Crippen LogP contribution in [0.25, 0.3) is 0 Å². The topological polar surface area (TPSA) is 49.6 Å². The molecule has 0 bridgehead atoms. The maximum absolute atomic E-state index is 12.6. The fraction of sp³-hybridized carbons (Fsp3) is 0.524. The molecule has 2 fully saturated rings. The highest BCUT2D eigenvalue weighted by molar-refractivity contribution is 5.77. The summed E-state index contributed by atoms with van der Waals surface area (Å²) in [6.07, 6.45) is 4.30. The van der Waals surface area contributed by atoms with Crippen molar-refractivity contribution in [3.63, 3.8) is 0 Å². The maximum atomic E-state index is 12.6. The van der Waals surface area contributed by atoms with Crippen molar-refractivity contribution in [2.75, 3.05) is 33.2 Å². The zero-order chi connectivity index (χ0) is 18.1. The molecule has 0 saturated carbocycles. The van der Waals surface area contributed by atoms with Gasteiger partial charge in [0.05, 0.1) is 12.1 Å². The highest BCUT2D eigenvalue weighted by Gasteiger charge is 2.56. The summed E-state index contributed by atoms with van der Waals surface area (Å²) < 4.78 is 5.82. The average Bonchev–Trinajstić information content (AvgIpc) is 3.17. The van der Waals surface area contributed by atoms with Crippen LogP contribution < -0.4 is 0 Å². The van der Waals surface area contributed by atoms with Crippen molar-refractivity contribution >= 4 is 5.91 Å². The number of oxazole rings is 1. The van der Waals surface area contributed by atoms with Gasteiger partial charge in [-0.1, -0.05) is 30.3 Å². The van der Waals surface area contributed by atoms with Crippen LogP contribution >= 0.6 is 0 Å². The standard InChI is InChI=1S/C21H27N3O2/c1-16-11-22-20(26-16)18-12-23(2)13-21(18)14-24(15-21)19(25)10-6-9-17-7-4-3-5-8-17/h3-5,7-8,11,18H,6,9-10,12-15H2,1-2H3. The van der Waals surface area contributed by atoms with E-state index in [1.165, 1.54) is 5.56 Å². The molecular weight excluding hydrogens is 326 g/mol. The van der Waals surface area contributed by atoms with Gasteiger partial charge >= 0.3 is 0 Å². The molecular formula is C21H27N3O2. The Labute approximate surface area is 155 Å². The van der Waals surface area contributed by atoms with Gasteiger partial charge in [0.2, 0.25) is 5.91 Å². The molecule has 2 aliphatic heterocycles. The van der Waals surface area contributed by atoms with E-state index in [4.69, 9.17) is 4.42 Å². The Bertz CT molecular complexity index is 765. The number of likely N-dealkylation sites (N-methyl/N-ethyl adjacent to an activating group) is 1. The van der Waals surface area contributed by atoms with Crippen LogP contribution in [0.1, 0.15) is 36.0 Å². The predicted molar refractivity (Wildman–Crippen MR) is 99.9 cm³/mol. The molecule has 26 heavy (non-hydrogen) atoms. The number of nitrogens with zero attached hydrogens (tertiary/aromatic N) is 3. The lowest BCUT2D eigenvalue weighted by atomic mass is 9.71. The van der Waals surface area contributed by atoms with Crippen molar-refractivity contribution in [1.29, 1.82) is 0 Å². The van der Waals surface area contributed by atoms with E-state index < -0.39 is 0 Å². The van der Waals surface area contributed by atoms with Crippen molar-refractivity contribution in [2.45, 2.75) is 32.1 Å². The first-order valence-corrected chi connectivity index (χ1v) is 9.48. The smallest absolute Gasteiger partial charge is 0.222 e. The molecule has 1 atom stereocenters. The molecule has 2 aliphatic rings. The van der Waals surface area contributed by atoms with E-state index in [2.05, 4.69) is 41.2 Å². The molecule has 2 saturated heterocycles. The fourth-order valence-electron chi connectivity index (χ4n) is 4.55.